The van der Waals surface area contributed by atoms with Crippen molar-refractivity contribution in [1.82, 2.24) is 0 Å². The number of nitrogens with zero attached hydrogens (tertiary/aromatic N) is 1. The predicted molar refractivity (Wildman–Crippen MR) is 204 cm³/mol. The maximum absolute atomic E-state index is 6.68. The molecule has 2 nitrogen and oxygen atoms in total. The lowest BCUT2D eigenvalue weighted by molar-refractivity contribution is 0.672. The lowest BCUT2D eigenvalue weighted by Gasteiger charge is -2.29. The molecule has 10 aromatic rings. The molecule has 2 heteroatoms. The highest BCUT2D eigenvalue weighted by Crippen LogP contribution is 2.47. The van der Waals surface area contributed by atoms with Crippen LogP contribution in [0.3, 0.4) is 0 Å². The van der Waals surface area contributed by atoms with E-state index < -0.39 is 0 Å². The molecule has 0 aliphatic carbocycles. The third kappa shape index (κ3) is 4.06. The maximum Gasteiger partial charge on any atom is 0.145 e. The molecular weight excluding hydrogens is 583 g/mol. The number of furan rings is 1. The van der Waals surface area contributed by atoms with Crippen molar-refractivity contribution in [1.29, 1.82) is 0 Å². The zero-order valence-electron chi connectivity index (χ0n) is 26.1. The summed E-state index contributed by atoms with van der Waals surface area (Å²) >= 11 is 0. The lowest BCUT2D eigenvalue weighted by atomic mass is 9.95. The van der Waals surface area contributed by atoms with Gasteiger partial charge in [-0.1, -0.05) is 140 Å². The molecule has 0 unspecified atom stereocenters. The van der Waals surface area contributed by atoms with E-state index in [1.54, 1.807) is 0 Å². The molecule has 0 saturated carbocycles. The van der Waals surface area contributed by atoms with Crippen LogP contribution in [0.15, 0.2) is 180 Å². The van der Waals surface area contributed by atoms with Crippen molar-refractivity contribution in [2.45, 2.75) is 0 Å². The second-order valence-electron chi connectivity index (χ2n) is 12.5. The van der Waals surface area contributed by atoms with Gasteiger partial charge < -0.3 is 9.32 Å². The van der Waals surface area contributed by atoms with Crippen molar-refractivity contribution in [3.05, 3.63) is 176 Å². The van der Waals surface area contributed by atoms with E-state index in [1.807, 2.05) is 6.07 Å². The fraction of sp³-hybridized carbons (Fsp3) is 0. The number of hydrogen-bond acceptors (Lipinski definition) is 2. The molecule has 48 heavy (non-hydrogen) atoms. The van der Waals surface area contributed by atoms with Crippen molar-refractivity contribution >= 4 is 82.1 Å². The van der Waals surface area contributed by atoms with Gasteiger partial charge in [-0.2, -0.15) is 0 Å². The third-order valence-corrected chi connectivity index (χ3v) is 9.82. The molecule has 0 spiro atoms. The maximum atomic E-state index is 6.68. The molecule has 1 heterocycles. The SMILES string of the molecule is c1ccc(-c2cccc(N(c3cccc4c3ccc3c5ccccc5ccc43)c3cccc4ccc5c6ccccc6oc5c34)c2)cc1. The minimum atomic E-state index is 0.899. The van der Waals surface area contributed by atoms with Gasteiger partial charge >= 0.3 is 0 Å². The highest BCUT2D eigenvalue weighted by atomic mass is 16.3. The van der Waals surface area contributed by atoms with E-state index >= 15 is 0 Å². The van der Waals surface area contributed by atoms with Crippen molar-refractivity contribution in [2.24, 2.45) is 0 Å². The highest BCUT2D eigenvalue weighted by Gasteiger charge is 2.22. The number of hydrogen-bond donors (Lipinski definition) is 0. The minimum absolute atomic E-state index is 0.899. The average Bonchev–Trinajstić information content (AvgIpc) is 3.54. The smallest absolute Gasteiger partial charge is 0.145 e. The first-order chi connectivity index (χ1) is 23.8. The average molecular weight is 612 g/mol. The molecule has 0 fully saturated rings. The molecule has 0 saturated heterocycles. The fourth-order valence-electron chi connectivity index (χ4n) is 7.62. The van der Waals surface area contributed by atoms with E-state index in [2.05, 4.69) is 175 Å². The molecule has 0 aliphatic rings. The molecule has 0 N–H and O–H groups in total. The molecule has 9 aromatic carbocycles. The van der Waals surface area contributed by atoms with E-state index in [4.69, 9.17) is 4.42 Å². The summed E-state index contributed by atoms with van der Waals surface area (Å²) < 4.78 is 6.68. The fourth-order valence-corrected chi connectivity index (χ4v) is 7.62. The summed E-state index contributed by atoms with van der Waals surface area (Å²) in [7, 11) is 0. The Bertz CT molecular complexity index is 2850. The van der Waals surface area contributed by atoms with E-state index in [1.165, 1.54) is 43.4 Å². The predicted octanol–water partition coefficient (Wildman–Crippen LogP) is 13.3. The summed E-state index contributed by atoms with van der Waals surface area (Å²) in [6.07, 6.45) is 0. The van der Waals surface area contributed by atoms with Gasteiger partial charge in [-0.15, -0.1) is 0 Å². The standard InChI is InChI=1S/C46H29NO/c1-2-11-30(12-3-1)33-15-8-16-34(29-33)47(43-21-9-14-32-24-26-41-40-18-6-7-22-44(40)48-46(41)45(32)43)42-20-10-19-36-38-25-23-31-13-4-5-17-35(31)37(38)27-28-39(36)42/h1-29H. The van der Waals surface area contributed by atoms with Crippen LogP contribution in [0, 0.1) is 0 Å². The van der Waals surface area contributed by atoms with Crippen molar-refractivity contribution in [3.63, 3.8) is 0 Å². The lowest BCUT2D eigenvalue weighted by Crippen LogP contribution is -2.11. The van der Waals surface area contributed by atoms with E-state index in [0.717, 1.165) is 49.8 Å². The van der Waals surface area contributed by atoms with Crippen LogP contribution in [0.5, 0.6) is 0 Å². The molecule has 0 radical (unpaired) electrons. The molecule has 224 valence electrons. The Morgan fingerprint density at radius 3 is 1.90 bits per heavy atom. The zero-order valence-corrected chi connectivity index (χ0v) is 26.1. The Hall–Kier alpha value is -6.38. The molecule has 0 atom stereocenters. The van der Waals surface area contributed by atoms with Gasteiger partial charge in [0.15, 0.2) is 0 Å². The zero-order chi connectivity index (χ0) is 31.6. The summed E-state index contributed by atoms with van der Waals surface area (Å²) in [5.74, 6) is 0. The normalized spacial score (nSPS) is 11.8. The Morgan fingerprint density at radius 2 is 0.958 bits per heavy atom. The highest BCUT2D eigenvalue weighted by molar-refractivity contribution is 6.22. The van der Waals surface area contributed by atoms with Gasteiger partial charge in [-0.05, 0) is 79.8 Å². The monoisotopic (exact) mass is 611 g/mol. The molecule has 0 aliphatic heterocycles. The Morgan fingerprint density at radius 1 is 0.354 bits per heavy atom. The van der Waals surface area contributed by atoms with Gasteiger partial charge in [-0.3, -0.25) is 0 Å². The van der Waals surface area contributed by atoms with E-state index in [-0.39, 0.29) is 0 Å². The largest absolute Gasteiger partial charge is 0.455 e. The molecule has 1 aromatic heterocycles. The molecular formula is C46H29NO. The van der Waals surface area contributed by atoms with Crippen LogP contribution in [0.1, 0.15) is 0 Å². The minimum Gasteiger partial charge on any atom is -0.455 e. The van der Waals surface area contributed by atoms with Crippen LogP contribution in [-0.4, -0.2) is 0 Å². The first-order valence-electron chi connectivity index (χ1n) is 16.4. The summed E-state index contributed by atoms with van der Waals surface area (Å²) in [5, 5.41) is 12.0. The number of fused-ring (bicyclic) bond motifs is 10. The van der Waals surface area contributed by atoms with Crippen LogP contribution in [-0.2, 0) is 0 Å². The Kier molecular flexibility index (Phi) is 5.91. The van der Waals surface area contributed by atoms with Gasteiger partial charge in [0.05, 0.1) is 11.4 Å². The number of benzene rings is 9. The van der Waals surface area contributed by atoms with Crippen molar-refractivity contribution in [3.8, 4) is 11.1 Å². The van der Waals surface area contributed by atoms with Gasteiger partial charge in [0.1, 0.15) is 11.2 Å². The van der Waals surface area contributed by atoms with E-state index in [0.29, 0.717) is 0 Å². The topological polar surface area (TPSA) is 16.4 Å². The van der Waals surface area contributed by atoms with E-state index in [9.17, 15) is 0 Å². The molecule has 0 bridgehead atoms. The summed E-state index contributed by atoms with van der Waals surface area (Å²) in [6.45, 7) is 0. The summed E-state index contributed by atoms with van der Waals surface area (Å²) in [5.41, 5.74) is 7.45. The second kappa shape index (κ2) is 10.6. The van der Waals surface area contributed by atoms with Gasteiger partial charge in [-0.25, -0.2) is 0 Å². The van der Waals surface area contributed by atoms with Gasteiger partial charge in [0.25, 0.3) is 0 Å². The van der Waals surface area contributed by atoms with Crippen LogP contribution in [0.4, 0.5) is 17.1 Å². The van der Waals surface area contributed by atoms with Crippen LogP contribution < -0.4 is 4.90 Å². The van der Waals surface area contributed by atoms with Crippen LogP contribution >= 0.6 is 0 Å². The first kappa shape index (κ1) is 26.8. The number of para-hydroxylation sites is 1. The first-order valence-corrected chi connectivity index (χ1v) is 16.4. The summed E-state index contributed by atoms with van der Waals surface area (Å²) in [6, 6.07) is 63.3. The second-order valence-corrected chi connectivity index (χ2v) is 12.5. The Balaban J connectivity index is 1.30. The quantitative estimate of drug-likeness (QED) is 0.184. The number of anilines is 3. The van der Waals surface area contributed by atoms with Crippen LogP contribution in [0.2, 0.25) is 0 Å². The van der Waals surface area contributed by atoms with Crippen molar-refractivity contribution in [2.75, 3.05) is 4.90 Å². The van der Waals surface area contributed by atoms with Crippen molar-refractivity contribution < 1.29 is 4.42 Å². The van der Waals surface area contributed by atoms with Gasteiger partial charge in [0, 0.05) is 27.2 Å². The Labute approximate surface area is 277 Å². The third-order valence-electron chi connectivity index (χ3n) is 9.82. The van der Waals surface area contributed by atoms with Gasteiger partial charge in [0.2, 0.25) is 0 Å². The summed E-state index contributed by atoms with van der Waals surface area (Å²) in [4.78, 5) is 2.43. The number of rotatable bonds is 4. The molecule has 10 rings (SSSR count). The van der Waals surface area contributed by atoms with Crippen LogP contribution in [0.25, 0.3) is 76.2 Å². The molecule has 0 amide bonds.